The fourth-order valence-corrected chi connectivity index (χ4v) is 3.99. The molecule has 164 valence electrons. The van der Waals surface area contributed by atoms with Gasteiger partial charge in [0.15, 0.2) is 0 Å². The van der Waals surface area contributed by atoms with Crippen LogP contribution >= 0.6 is 0 Å². The zero-order valence-electron chi connectivity index (χ0n) is 19.1. The molecule has 0 aliphatic heterocycles. The van der Waals surface area contributed by atoms with Gasteiger partial charge in [0.1, 0.15) is 5.82 Å². The summed E-state index contributed by atoms with van der Waals surface area (Å²) >= 11 is 0. The molecule has 0 spiro atoms. The minimum atomic E-state index is -0.0526. The second kappa shape index (κ2) is 10.9. The summed E-state index contributed by atoms with van der Waals surface area (Å²) in [6, 6.07) is 19.5. The number of carbonyl (C=O) groups is 1. The number of pyridine rings is 1. The van der Waals surface area contributed by atoms with Crippen molar-refractivity contribution in [1.82, 2.24) is 10.3 Å². The Morgan fingerprint density at radius 2 is 1.58 bits per heavy atom. The van der Waals surface area contributed by atoms with Crippen molar-refractivity contribution in [3.8, 4) is 0 Å². The first-order valence-electron chi connectivity index (χ1n) is 11.3. The number of nitrogens with zero attached hydrogens (tertiary/aromatic N) is 1. The maximum Gasteiger partial charge on any atom is 0.252 e. The lowest BCUT2D eigenvalue weighted by Crippen LogP contribution is -3.13. The van der Waals surface area contributed by atoms with E-state index in [1.165, 1.54) is 4.90 Å². The lowest BCUT2D eigenvalue weighted by atomic mass is 10.1. The summed E-state index contributed by atoms with van der Waals surface area (Å²) in [7, 11) is 0. The van der Waals surface area contributed by atoms with E-state index in [-0.39, 0.29) is 5.91 Å². The maximum absolute atomic E-state index is 13.1. The van der Waals surface area contributed by atoms with Crippen molar-refractivity contribution in [1.29, 1.82) is 0 Å². The first-order chi connectivity index (χ1) is 14.9. The van der Waals surface area contributed by atoms with Gasteiger partial charge in [0.25, 0.3) is 5.91 Å². The highest BCUT2D eigenvalue weighted by molar-refractivity contribution is 6.07. The van der Waals surface area contributed by atoms with E-state index < -0.39 is 0 Å². The third-order valence-electron chi connectivity index (χ3n) is 5.16. The van der Waals surface area contributed by atoms with Crippen LogP contribution in [0.25, 0.3) is 10.9 Å². The lowest BCUT2D eigenvalue weighted by molar-refractivity contribution is -0.904. The largest absolute Gasteiger partial charge is 0.346 e. The summed E-state index contributed by atoms with van der Waals surface area (Å²) in [5.74, 6) is 1.89. The molecule has 3 N–H and O–H groups in total. The van der Waals surface area contributed by atoms with Crippen molar-refractivity contribution in [2.45, 2.75) is 27.7 Å². The average molecular weight is 420 g/mol. The Balaban J connectivity index is 1.74. The van der Waals surface area contributed by atoms with E-state index in [4.69, 9.17) is 4.98 Å². The molecule has 0 unspecified atom stereocenters. The Kier molecular flexibility index (Phi) is 8.01. The van der Waals surface area contributed by atoms with Gasteiger partial charge in [-0.05, 0) is 24.3 Å². The van der Waals surface area contributed by atoms with Gasteiger partial charge < -0.3 is 15.5 Å². The summed E-state index contributed by atoms with van der Waals surface area (Å²) in [5.41, 5.74) is 2.40. The molecule has 5 nitrogen and oxygen atoms in total. The number of anilines is 2. The number of nitrogens with one attached hydrogen (secondary N) is 3. The summed E-state index contributed by atoms with van der Waals surface area (Å²) < 4.78 is 0. The second-order valence-corrected chi connectivity index (χ2v) is 9.02. The van der Waals surface area contributed by atoms with Crippen LogP contribution in [0.1, 0.15) is 38.1 Å². The van der Waals surface area contributed by atoms with Crippen LogP contribution in [0.2, 0.25) is 0 Å². The van der Waals surface area contributed by atoms with Gasteiger partial charge in [-0.25, -0.2) is 4.98 Å². The van der Waals surface area contributed by atoms with Crippen LogP contribution in [0.5, 0.6) is 0 Å². The molecule has 0 aliphatic rings. The van der Waals surface area contributed by atoms with E-state index in [1.54, 1.807) is 0 Å². The SMILES string of the molecule is CC(C)C[NH+](CCNC(=O)c1cc(Nc2ccccc2)nc2ccccc12)CC(C)C. The van der Waals surface area contributed by atoms with Crippen LogP contribution in [0.3, 0.4) is 0 Å². The van der Waals surface area contributed by atoms with Crippen molar-refractivity contribution in [2.75, 3.05) is 31.5 Å². The van der Waals surface area contributed by atoms with Gasteiger partial charge in [-0.3, -0.25) is 4.79 Å². The number of carbonyl (C=O) groups excluding carboxylic acids is 1. The number of fused-ring (bicyclic) bond motifs is 1. The first kappa shape index (κ1) is 22.8. The van der Waals surface area contributed by atoms with Crippen LogP contribution in [-0.2, 0) is 0 Å². The molecular weight excluding hydrogens is 384 g/mol. The molecule has 0 aliphatic carbocycles. The molecule has 31 heavy (non-hydrogen) atoms. The van der Waals surface area contributed by atoms with Gasteiger partial charge in [0.2, 0.25) is 0 Å². The third-order valence-corrected chi connectivity index (χ3v) is 5.16. The van der Waals surface area contributed by atoms with E-state index in [9.17, 15) is 4.79 Å². The number of hydrogen-bond acceptors (Lipinski definition) is 3. The first-order valence-corrected chi connectivity index (χ1v) is 11.3. The molecule has 0 saturated carbocycles. The summed E-state index contributed by atoms with van der Waals surface area (Å²) in [5, 5.41) is 7.33. The lowest BCUT2D eigenvalue weighted by Gasteiger charge is -2.23. The van der Waals surface area contributed by atoms with E-state index in [0.29, 0.717) is 29.8 Å². The molecule has 0 saturated heterocycles. The van der Waals surface area contributed by atoms with Crippen molar-refractivity contribution >= 4 is 28.3 Å². The number of rotatable bonds is 10. The van der Waals surface area contributed by atoms with Gasteiger partial charge in [-0.2, -0.15) is 0 Å². The topological polar surface area (TPSA) is 58.5 Å². The number of quaternary nitrogens is 1. The molecule has 0 radical (unpaired) electrons. The molecule has 2 aromatic carbocycles. The molecule has 0 bridgehead atoms. The van der Waals surface area contributed by atoms with E-state index in [0.717, 1.165) is 36.2 Å². The zero-order valence-corrected chi connectivity index (χ0v) is 19.1. The molecule has 0 atom stereocenters. The Morgan fingerprint density at radius 1 is 0.935 bits per heavy atom. The molecule has 0 fully saturated rings. The molecule has 1 heterocycles. The molecule has 1 amide bonds. The Labute approximate surface area is 185 Å². The Morgan fingerprint density at radius 3 is 2.26 bits per heavy atom. The predicted octanol–water partition coefficient (Wildman–Crippen LogP) is 3.91. The molecule has 5 heteroatoms. The number of hydrogen-bond donors (Lipinski definition) is 3. The normalized spacial score (nSPS) is 11.5. The van der Waals surface area contributed by atoms with Crippen molar-refractivity contribution < 1.29 is 9.69 Å². The van der Waals surface area contributed by atoms with Gasteiger partial charge in [0, 0.05) is 22.9 Å². The number of aromatic nitrogens is 1. The van der Waals surface area contributed by atoms with Gasteiger partial charge in [0.05, 0.1) is 37.3 Å². The van der Waals surface area contributed by atoms with E-state index >= 15 is 0 Å². The quantitative estimate of drug-likeness (QED) is 0.467. The van der Waals surface area contributed by atoms with Crippen LogP contribution in [0.4, 0.5) is 11.5 Å². The predicted molar refractivity (Wildman–Crippen MR) is 129 cm³/mol. The fourth-order valence-electron chi connectivity index (χ4n) is 3.99. The Bertz CT molecular complexity index is 975. The van der Waals surface area contributed by atoms with Crippen LogP contribution in [0.15, 0.2) is 60.7 Å². The highest BCUT2D eigenvalue weighted by Gasteiger charge is 2.16. The highest BCUT2D eigenvalue weighted by atomic mass is 16.1. The zero-order chi connectivity index (χ0) is 22.2. The fraction of sp³-hybridized carbons (Fsp3) is 0.385. The van der Waals surface area contributed by atoms with Crippen molar-refractivity contribution in [3.63, 3.8) is 0 Å². The molecule has 3 aromatic rings. The minimum absolute atomic E-state index is 0.0526. The molecule has 3 rings (SSSR count). The van der Waals surface area contributed by atoms with Crippen LogP contribution in [0, 0.1) is 11.8 Å². The number of benzene rings is 2. The number of amides is 1. The molecule has 1 aromatic heterocycles. The van der Waals surface area contributed by atoms with E-state index in [2.05, 4.69) is 38.3 Å². The summed E-state index contributed by atoms with van der Waals surface area (Å²) in [4.78, 5) is 19.3. The Hall–Kier alpha value is -2.92. The van der Waals surface area contributed by atoms with Gasteiger partial charge >= 0.3 is 0 Å². The second-order valence-electron chi connectivity index (χ2n) is 9.02. The summed E-state index contributed by atoms with van der Waals surface area (Å²) in [6.07, 6.45) is 0. The van der Waals surface area contributed by atoms with Crippen molar-refractivity contribution in [2.24, 2.45) is 11.8 Å². The standard InChI is InChI=1S/C26H34N4O/c1-19(2)17-30(18-20(3)4)15-14-27-26(31)23-16-25(28-21-10-6-5-7-11-21)29-24-13-9-8-12-22(23)24/h5-13,16,19-20H,14-15,17-18H2,1-4H3,(H,27,31)(H,28,29)/p+1. The monoisotopic (exact) mass is 419 g/mol. The smallest absolute Gasteiger partial charge is 0.252 e. The third kappa shape index (κ3) is 6.79. The van der Waals surface area contributed by atoms with Gasteiger partial charge in [-0.15, -0.1) is 0 Å². The van der Waals surface area contributed by atoms with Crippen LogP contribution in [-0.4, -0.2) is 37.1 Å². The maximum atomic E-state index is 13.1. The van der Waals surface area contributed by atoms with Crippen LogP contribution < -0.4 is 15.5 Å². The highest BCUT2D eigenvalue weighted by Crippen LogP contribution is 2.23. The molecular formula is C26H35N4O+. The van der Waals surface area contributed by atoms with Crippen molar-refractivity contribution in [3.05, 3.63) is 66.2 Å². The van der Waals surface area contributed by atoms with Gasteiger partial charge in [-0.1, -0.05) is 64.1 Å². The number of para-hydroxylation sites is 2. The summed E-state index contributed by atoms with van der Waals surface area (Å²) in [6.45, 7) is 12.8. The minimum Gasteiger partial charge on any atom is -0.346 e. The average Bonchev–Trinajstić information content (AvgIpc) is 2.73. The van der Waals surface area contributed by atoms with E-state index in [1.807, 2.05) is 60.7 Å².